The highest BCUT2D eigenvalue weighted by Gasteiger charge is 2.54. The molecule has 3 atom stereocenters. The molecule has 0 saturated carbocycles. The van der Waals surface area contributed by atoms with Crippen LogP contribution >= 0.6 is 15.9 Å². The fourth-order valence-electron chi connectivity index (χ4n) is 3.84. The van der Waals surface area contributed by atoms with Crippen molar-refractivity contribution in [2.45, 2.75) is 56.6 Å². The molecule has 1 aromatic rings. The third-order valence-corrected chi connectivity index (χ3v) is 7.66. The zero-order valence-electron chi connectivity index (χ0n) is 15.4. The Morgan fingerprint density at radius 3 is 2.41 bits per heavy atom. The Labute approximate surface area is 166 Å². The number of nitro groups is 1. The SMILES string of the molecule is C[C@H]1C[C@@H](NS(=O)(=O)c2cc([N+](=O)[O-])ccc2Br)C[N+]1(C(=O)[O-])C(C)(C)C. The standard InChI is InChI=1S/C16H22BrN3O6S/c1-10-7-11(9-20(10,15(21)22)16(2,3)4)18-27(25,26)14-8-12(19(23)24)5-6-13(14)17/h5-6,8,10-11,18H,7,9H2,1-4H3/t10-,11+,20?/m0/s1. The fraction of sp³-hybridized carbons (Fsp3) is 0.562. The van der Waals surface area contributed by atoms with Crippen LogP contribution in [-0.2, 0) is 10.0 Å². The number of hydrogen-bond acceptors (Lipinski definition) is 6. The smallest absolute Gasteiger partial charge is 0.270 e. The summed E-state index contributed by atoms with van der Waals surface area (Å²) in [4.78, 5) is 21.9. The van der Waals surface area contributed by atoms with Gasteiger partial charge in [-0.1, -0.05) is 0 Å². The lowest BCUT2D eigenvalue weighted by atomic mass is 10.0. The van der Waals surface area contributed by atoms with Crippen LogP contribution in [0.15, 0.2) is 27.6 Å². The number of hydrogen-bond donors (Lipinski definition) is 1. The van der Waals surface area contributed by atoms with E-state index in [1.165, 1.54) is 12.1 Å². The van der Waals surface area contributed by atoms with Gasteiger partial charge in [0.25, 0.3) is 11.8 Å². The van der Waals surface area contributed by atoms with E-state index >= 15 is 0 Å². The van der Waals surface area contributed by atoms with E-state index in [1.807, 2.05) is 0 Å². The second-order valence-corrected chi connectivity index (χ2v) is 10.3. The molecule has 0 spiro atoms. The van der Waals surface area contributed by atoms with Crippen molar-refractivity contribution in [1.82, 2.24) is 4.72 Å². The molecule has 1 saturated heterocycles. The number of nitrogens with zero attached hydrogens (tertiary/aromatic N) is 2. The number of amides is 1. The van der Waals surface area contributed by atoms with Crippen molar-refractivity contribution in [1.29, 1.82) is 0 Å². The van der Waals surface area contributed by atoms with Crippen LogP contribution in [0.2, 0.25) is 0 Å². The highest BCUT2D eigenvalue weighted by molar-refractivity contribution is 9.10. The van der Waals surface area contributed by atoms with Gasteiger partial charge in [0.05, 0.1) is 22.5 Å². The van der Waals surface area contributed by atoms with E-state index in [0.717, 1.165) is 6.07 Å². The summed E-state index contributed by atoms with van der Waals surface area (Å²) >= 11 is 3.10. The summed E-state index contributed by atoms with van der Waals surface area (Å²) in [6.07, 6.45) is -0.954. The summed E-state index contributed by atoms with van der Waals surface area (Å²) in [6, 6.07) is 2.44. The minimum atomic E-state index is -4.10. The number of rotatable bonds is 4. The van der Waals surface area contributed by atoms with Crippen LogP contribution in [0.5, 0.6) is 0 Å². The van der Waals surface area contributed by atoms with Crippen molar-refractivity contribution in [3.63, 3.8) is 0 Å². The van der Waals surface area contributed by atoms with Gasteiger partial charge >= 0.3 is 0 Å². The molecule has 27 heavy (non-hydrogen) atoms. The van der Waals surface area contributed by atoms with Crippen LogP contribution in [0.3, 0.4) is 0 Å². The Morgan fingerprint density at radius 2 is 1.96 bits per heavy atom. The first-order valence-corrected chi connectivity index (χ1v) is 10.6. The van der Waals surface area contributed by atoms with Crippen LogP contribution in [0.4, 0.5) is 10.5 Å². The zero-order chi connectivity index (χ0) is 20.8. The second kappa shape index (κ2) is 7.12. The second-order valence-electron chi connectivity index (χ2n) is 7.76. The number of non-ortho nitro benzene ring substituents is 1. The van der Waals surface area contributed by atoms with Gasteiger partial charge in [-0.15, -0.1) is 0 Å². The van der Waals surface area contributed by atoms with Gasteiger partial charge in [-0.3, -0.25) is 14.6 Å². The number of quaternary nitrogens is 1. The number of sulfonamides is 1. The average molecular weight is 464 g/mol. The first kappa shape index (κ1) is 21.7. The average Bonchev–Trinajstić information content (AvgIpc) is 2.83. The number of benzene rings is 1. The van der Waals surface area contributed by atoms with Crippen molar-refractivity contribution < 1.29 is 27.7 Å². The number of carbonyl (C=O) groups excluding carboxylic acids is 1. The molecule has 150 valence electrons. The highest BCUT2D eigenvalue weighted by atomic mass is 79.9. The van der Waals surface area contributed by atoms with E-state index in [2.05, 4.69) is 20.7 Å². The normalized spacial score (nSPS) is 26.1. The van der Waals surface area contributed by atoms with E-state index in [9.17, 15) is 28.4 Å². The Kier molecular flexibility index (Phi) is 5.73. The van der Waals surface area contributed by atoms with Crippen molar-refractivity contribution in [3.8, 4) is 0 Å². The van der Waals surface area contributed by atoms with E-state index in [0.29, 0.717) is 6.42 Å². The Balaban J connectivity index is 2.37. The van der Waals surface area contributed by atoms with Crippen molar-refractivity contribution in [2.24, 2.45) is 0 Å². The molecule has 0 radical (unpaired) electrons. The van der Waals surface area contributed by atoms with Gasteiger partial charge in [0.1, 0.15) is 11.4 Å². The first-order valence-electron chi connectivity index (χ1n) is 8.28. The molecule has 2 rings (SSSR count). The minimum absolute atomic E-state index is 0.0266. The topological polar surface area (TPSA) is 129 Å². The molecule has 1 aromatic carbocycles. The number of carboxylic acid groups (broad SMARTS) is 1. The third kappa shape index (κ3) is 3.86. The van der Waals surface area contributed by atoms with Crippen LogP contribution in [0.1, 0.15) is 34.1 Å². The lowest BCUT2D eigenvalue weighted by Crippen LogP contribution is -2.69. The molecule has 0 aliphatic carbocycles. The van der Waals surface area contributed by atoms with Gasteiger partial charge < -0.3 is 9.90 Å². The summed E-state index contributed by atoms with van der Waals surface area (Å²) in [5.41, 5.74) is -1.04. The molecule has 1 N–H and O–H groups in total. The predicted octanol–water partition coefficient (Wildman–Crippen LogP) is 1.75. The lowest BCUT2D eigenvalue weighted by molar-refractivity contribution is -0.928. The van der Waals surface area contributed by atoms with Gasteiger partial charge in [-0.25, -0.2) is 13.1 Å². The first-order chi connectivity index (χ1) is 12.2. The fourth-order valence-corrected chi connectivity index (χ4v) is 6.06. The largest absolute Gasteiger partial charge is 0.498 e. The van der Waals surface area contributed by atoms with Crippen LogP contribution < -0.4 is 9.83 Å². The van der Waals surface area contributed by atoms with Gasteiger partial charge in [-0.05, 0) is 49.7 Å². The Morgan fingerprint density at radius 1 is 1.37 bits per heavy atom. The van der Waals surface area contributed by atoms with Crippen molar-refractivity contribution >= 4 is 37.7 Å². The Hall–Kier alpha value is -1.56. The highest BCUT2D eigenvalue weighted by Crippen LogP contribution is 2.37. The maximum Gasteiger partial charge on any atom is 0.270 e. The summed E-state index contributed by atoms with van der Waals surface area (Å²) in [6.45, 7) is 7.09. The van der Waals surface area contributed by atoms with Crippen molar-refractivity contribution in [2.75, 3.05) is 6.54 Å². The molecule has 0 aromatic heterocycles. The maximum absolute atomic E-state index is 12.8. The number of carbonyl (C=O) groups is 1. The number of nitro benzene ring substituents is 1. The third-order valence-electron chi connectivity index (χ3n) is 5.15. The summed E-state index contributed by atoms with van der Waals surface area (Å²) < 4.78 is 27.9. The summed E-state index contributed by atoms with van der Waals surface area (Å²) in [7, 11) is -4.10. The lowest BCUT2D eigenvalue weighted by Gasteiger charge is -2.48. The maximum atomic E-state index is 12.8. The molecule has 1 heterocycles. The van der Waals surface area contributed by atoms with Gasteiger partial charge in [0.2, 0.25) is 10.0 Å². The molecule has 1 amide bonds. The van der Waals surface area contributed by atoms with Crippen LogP contribution in [-0.4, -0.2) is 48.1 Å². The quantitative estimate of drug-likeness (QED) is 0.411. The molecular weight excluding hydrogens is 442 g/mol. The van der Waals surface area contributed by atoms with E-state index in [1.54, 1.807) is 27.7 Å². The van der Waals surface area contributed by atoms with E-state index < -0.39 is 32.6 Å². The monoisotopic (exact) mass is 463 g/mol. The molecule has 9 nitrogen and oxygen atoms in total. The van der Waals surface area contributed by atoms with Gasteiger partial charge in [-0.2, -0.15) is 0 Å². The van der Waals surface area contributed by atoms with E-state index in [-0.39, 0.29) is 32.1 Å². The number of halogens is 1. The Bertz CT molecular complexity index is 883. The molecule has 1 unspecified atom stereocenters. The molecule has 1 fully saturated rings. The molecule has 1 aliphatic rings. The van der Waals surface area contributed by atoms with Gasteiger partial charge in [0.15, 0.2) is 0 Å². The number of nitrogens with one attached hydrogen (secondary N) is 1. The number of likely N-dealkylation sites (tertiary alicyclic amines) is 1. The molecule has 0 bridgehead atoms. The van der Waals surface area contributed by atoms with Gasteiger partial charge in [0, 0.05) is 23.0 Å². The van der Waals surface area contributed by atoms with Crippen LogP contribution in [0.25, 0.3) is 0 Å². The van der Waals surface area contributed by atoms with Crippen LogP contribution in [0, 0.1) is 10.1 Å². The molecular formula is C16H22BrN3O6S. The van der Waals surface area contributed by atoms with Crippen molar-refractivity contribution in [3.05, 3.63) is 32.8 Å². The van der Waals surface area contributed by atoms with E-state index in [4.69, 9.17) is 0 Å². The summed E-state index contributed by atoms with van der Waals surface area (Å²) in [5.74, 6) is 0. The summed E-state index contributed by atoms with van der Waals surface area (Å²) in [5, 5.41) is 22.9. The minimum Gasteiger partial charge on any atom is -0.498 e. The molecule has 11 heteroatoms. The zero-order valence-corrected chi connectivity index (χ0v) is 17.8. The predicted molar refractivity (Wildman–Crippen MR) is 99.3 cm³/mol. The molecule has 1 aliphatic heterocycles.